The van der Waals surface area contributed by atoms with Crippen molar-refractivity contribution in [3.63, 3.8) is 0 Å². The Morgan fingerprint density at radius 2 is 1.60 bits per heavy atom. The van der Waals surface area contributed by atoms with Crippen LogP contribution in [0.5, 0.6) is 5.75 Å². The standard InChI is InChI=1S/C21H15NO7S/c1-14(23)15-5-4-6-17(13-15)29-21(24)19-7-2-3-8-20(19)30(27,28)18-11-9-16(10-12-18)22(25)26/h2-13H,1H3. The number of esters is 1. The summed E-state index contributed by atoms with van der Waals surface area (Å²) in [6, 6.07) is 15.8. The molecule has 0 aliphatic heterocycles. The molecule has 0 heterocycles. The fourth-order valence-electron chi connectivity index (χ4n) is 2.68. The molecule has 0 N–H and O–H groups in total. The smallest absolute Gasteiger partial charge is 0.344 e. The average molecular weight is 425 g/mol. The molecule has 9 heteroatoms. The summed E-state index contributed by atoms with van der Waals surface area (Å²) in [4.78, 5) is 33.8. The highest BCUT2D eigenvalue weighted by Crippen LogP contribution is 2.27. The van der Waals surface area contributed by atoms with Gasteiger partial charge in [0, 0.05) is 17.7 Å². The van der Waals surface area contributed by atoms with Gasteiger partial charge in [-0.25, -0.2) is 13.2 Å². The maximum absolute atomic E-state index is 13.0. The van der Waals surface area contributed by atoms with Crippen molar-refractivity contribution in [2.75, 3.05) is 0 Å². The van der Waals surface area contributed by atoms with Crippen LogP contribution < -0.4 is 4.74 Å². The minimum atomic E-state index is -4.15. The number of benzene rings is 3. The Morgan fingerprint density at radius 3 is 2.23 bits per heavy atom. The van der Waals surface area contributed by atoms with Gasteiger partial charge < -0.3 is 4.74 Å². The van der Waals surface area contributed by atoms with Gasteiger partial charge >= 0.3 is 5.97 Å². The molecule has 0 aliphatic carbocycles. The summed E-state index contributed by atoms with van der Waals surface area (Å²) in [5.41, 5.74) is -0.122. The summed E-state index contributed by atoms with van der Waals surface area (Å²) in [5.74, 6) is -1.04. The van der Waals surface area contributed by atoms with Crippen molar-refractivity contribution in [3.05, 3.63) is 94.0 Å². The minimum absolute atomic E-state index is 0.0928. The van der Waals surface area contributed by atoms with Crippen LogP contribution in [-0.4, -0.2) is 25.1 Å². The summed E-state index contributed by atoms with van der Waals surface area (Å²) in [5, 5.41) is 10.8. The first kappa shape index (κ1) is 20.9. The van der Waals surface area contributed by atoms with E-state index in [1.54, 1.807) is 12.1 Å². The molecule has 0 bridgehead atoms. The van der Waals surface area contributed by atoms with Crippen molar-refractivity contribution in [1.82, 2.24) is 0 Å². The van der Waals surface area contributed by atoms with E-state index in [0.29, 0.717) is 5.56 Å². The van der Waals surface area contributed by atoms with Gasteiger partial charge in [0.1, 0.15) is 5.75 Å². The van der Waals surface area contributed by atoms with Crippen molar-refractivity contribution in [3.8, 4) is 5.75 Å². The summed E-state index contributed by atoms with van der Waals surface area (Å²) in [7, 11) is -4.15. The molecule has 3 aromatic carbocycles. The van der Waals surface area contributed by atoms with Crippen LogP contribution in [0.4, 0.5) is 5.69 Å². The highest BCUT2D eigenvalue weighted by atomic mass is 32.2. The number of rotatable bonds is 6. The molecule has 152 valence electrons. The molecule has 3 rings (SSSR count). The van der Waals surface area contributed by atoms with Gasteiger partial charge in [-0.05, 0) is 43.3 Å². The maximum atomic E-state index is 13.0. The van der Waals surface area contributed by atoms with E-state index < -0.39 is 20.7 Å². The minimum Gasteiger partial charge on any atom is -0.423 e. The van der Waals surface area contributed by atoms with E-state index in [-0.39, 0.29) is 32.6 Å². The molecule has 30 heavy (non-hydrogen) atoms. The van der Waals surface area contributed by atoms with Gasteiger partial charge in [-0.1, -0.05) is 24.3 Å². The van der Waals surface area contributed by atoms with Crippen LogP contribution in [0.1, 0.15) is 27.6 Å². The Morgan fingerprint density at radius 1 is 0.933 bits per heavy atom. The fraction of sp³-hybridized carbons (Fsp3) is 0.0476. The van der Waals surface area contributed by atoms with Gasteiger partial charge in [0.2, 0.25) is 9.84 Å². The first-order valence-electron chi connectivity index (χ1n) is 8.62. The van der Waals surface area contributed by atoms with Crippen LogP contribution in [0.3, 0.4) is 0 Å². The van der Waals surface area contributed by atoms with Crippen LogP contribution in [0.2, 0.25) is 0 Å². The summed E-state index contributed by atoms with van der Waals surface area (Å²) in [6.45, 7) is 1.37. The van der Waals surface area contributed by atoms with E-state index in [1.165, 1.54) is 43.3 Å². The van der Waals surface area contributed by atoms with Crippen molar-refractivity contribution in [1.29, 1.82) is 0 Å². The third-order valence-corrected chi connectivity index (χ3v) is 6.03. The summed E-state index contributed by atoms with van der Waals surface area (Å²) < 4.78 is 31.3. The number of carbonyl (C=O) groups excluding carboxylic acids is 2. The monoisotopic (exact) mass is 425 g/mol. The third kappa shape index (κ3) is 4.26. The van der Waals surface area contributed by atoms with E-state index in [1.807, 2.05) is 0 Å². The lowest BCUT2D eigenvalue weighted by atomic mass is 10.1. The second-order valence-electron chi connectivity index (χ2n) is 6.22. The maximum Gasteiger partial charge on any atom is 0.344 e. The first-order chi connectivity index (χ1) is 14.2. The normalized spacial score (nSPS) is 11.0. The van der Waals surface area contributed by atoms with Crippen LogP contribution in [0.15, 0.2) is 82.6 Å². The second-order valence-corrected chi connectivity index (χ2v) is 8.14. The number of non-ortho nitro benzene ring substituents is 1. The Labute approximate surface area is 171 Å². The van der Waals surface area contributed by atoms with Gasteiger partial charge in [-0.15, -0.1) is 0 Å². The van der Waals surface area contributed by atoms with Crippen molar-refractivity contribution < 1.29 is 27.7 Å². The molecular formula is C21H15NO7S. The van der Waals surface area contributed by atoms with E-state index >= 15 is 0 Å². The predicted octanol–water partition coefficient (Wildman–Crippen LogP) is 3.85. The number of carbonyl (C=O) groups is 2. The molecule has 0 fully saturated rings. The molecular weight excluding hydrogens is 410 g/mol. The van der Waals surface area contributed by atoms with Crippen LogP contribution in [0, 0.1) is 10.1 Å². The molecule has 8 nitrogen and oxygen atoms in total. The zero-order valence-corrected chi connectivity index (χ0v) is 16.5. The van der Waals surface area contributed by atoms with Gasteiger partial charge in [0.25, 0.3) is 5.69 Å². The summed E-state index contributed by atoms with van der Waals surface area (Å²) in [6.07, 6.45) is 0. The number of ether oxygens (including phenoxy) is 1. The Kier molecular flexibility index (Phi) is 5.74. The molecule has 0 saturated heterocycles. The third-order valence-electron chi connectivity index (χ3n) is 4.21. The second kappa shape index (κ2) is 8.26. The fourth-order valence-corrected chi connectivity index (χ4v) is 4.13. The van der Waals surface area contributed by atoms with Gasteiger partial charge in [0.15, 0.2) is 5.78 Å². The van der Waals surface area contributed by atoms with Crippen LogP contribution >= 0.6 is 0 Å². The number of nitro benzene ring substituents is 1. The zero-order valence-electron chi connectivity index (χ0n) is 15.6. The molecule has 0 amide bonds. The number of nitro groups is 1. The van der Waals surface area contributed by atoms with E-state index in [9.17, 15) is 28.1 Å². The number of ketones is 1. The van der Waals surface area contributed by atoms with E-state index in [4.69, 9.17) is 4.74 Å². The number of nitrogens with zero attached hydrogens (tertiary/aromatic N) is 1. The van der Waals surface area contributed by atoms with Gasteiger partial charge in [-0.2, -0.15) is 0 Å². The van der Waals surface area contributed by atoms with Crippen molar-refractivity contribution >= 4 is 27.3 Å². The SMILES string of the molecule is CC(=O)c1cccc(OC(=O)c2ccccc2S(=O)(=O)c2ccc([N+](=O)[O-])cc2)c1. The topological polar surface area (TPSA) is 121 Å². The highest BCUT2D eigenvalue weighted by Gasteiger charge is 2.26. The number of Topliss-reactive ketones (excluding diaryl/α,β-unsaturated/α-hetero) is 1. The molecule has 0 saturated carbocycles. The number of hydrogen-bond donors (Lipinski definition) is 0. The molecule has 0 aliphatic rings. The average Bonchev–Trinajstić information content (AvgIpc) is 2.74. The number of sulfone groups is 1. The van der Waals surface area contributed by atoms with Gasteiger partial charge in [0.05, 0.1) is 20.3 Å². The lowest BCUT2D eigenvalue weighted by molar-refractivity contribution is -0.384. The molecule has 0 aromatic heterocycles. The Hall–Kier alpha value is -3.85. The summed E-state index contributed by atoms with van der Waals surface area (Å²) >= 11 is 0. The van der Waals surface area contributed by atoms with Gasteiger partial charge in [-0.3, -0.25) is 14.9 Å². The first-order valence-corrected chi connectivity index (χ1v) is 10.1. The Balaban J connectivity index is 1.97. The van der Waals surface area contributed by atoms with Crippen LogP contribution in [-0.2, 0) is 9.84 Å². The number of hydrogen-bond acceptors (Lipinski definition) is 7. The van der Waals surface area contributed by atoms with Crippen molar-refractivity contribution in [2.45, 2.75) is 16.7 Å². The molecule has 0 spiro atoms. The van der Waals surface area contributed by atoms with E-state index in [0.717, 1.165) is 24.3 Å². The van der Waals surface area contributed by atoms with Crippen LogP contribution in [0.25, 0.3) is 0 Å². The lowest BCUT2D eigenvalue weighted by Gasteiger charge is -2.11. The predicted molar refractivity (Wildman–Crippen MR) is 106 cm³/mol. The molecule has 3 aromatic rings. The molecule has 0 unspecified atom stereocenters. The highest BCUT2D eigenvalue weighted by molar-refractivity contribution is 7.91. The van der Waals surface area contributed by atoms with Crippen molar-refractivity contribution in [2.24, 2.45) is 0 Å². The Bertz CT molecular complexity index is 1250. The quantitative estimate of drug-likeness (QED) is 0.193. The zero-order chi connectivity index (χ0) is 21.9. The van der Waals surface area contributed by atoms with E-state index in [2.05, 4.69) is 0 Å². The molecule has 0 atom stereocenters. The largest absolute Gasteiger partial charge is 0.423 e. The lowest BCUT2D eigenvalue weighted by Crippen LogP contribution is -2.14. The molecule has 0 radical (unpaired) electrons.